The van der Waals surface area contributed by atoms with Crippen molar-refractivity contribution in [2.75, 3.05) is 13.1 Å². The van der Waals surface area contributed by atoms with Crippen molar-refractivity contribution in [2.45, 2.75) is 38.0 Å². The molecule has 1 aromatic carbocycles. The van der Waals surface area contributed by atoms with Crippen LogP contribution in [0.15, 0.2) is 28.8 Å². The molecule has 6 heteroatoms. The maximum atomic E-state index is 13.9. The summed E-state index contributed by atoms with van der Waals surface area (Å²) < 4.78 is 19.2. The van der Waals surface area contributed by atoms with Crippen molar-refractivity contribution in [3.05, 3.63) is 47.4 Å². The fourth-order valence-electron chi connectivity index (χ4n) is 3.68. The Morgan fingerprint density at radius 3 is 2.96 bits per heavy atom. The lowest BCUT2D eigenvalue weighted by Crippen LogP contribution is -2.40. The minimum Gasteiger partial charge on any atom is -0.342 e. The summed E-state index contributed by atoms with van der Waals surface area (Å²) in [4.78, 5) is 19.0. The van der Waals surface area contributed by atoms with Crippen molar-refractivity contribution in [3.8, 4) is 0 Å². The van der Waals surface area contributed by atoms with Crippen molar-refractivity contribution in [3.63, 3.8) is 0 Å². The summed E-state index contributed by atoms with van der Waals surface area (Å²) in [5, 5.41) is 3.84. The average Bonchev–Trinajstić information content (AvgIpc) is 3.27. The summed E-state index contributed by atoms with van der Waals surface area (Å²) in [7, 11) is 0. The van der Waals surface area contributed by atoms with E-state index in [0.717, 1.165) is 25.8 Å². The topological polar surface area (TPSA) is 59.2 Å². The van der Waals surface area contributed by atoms with Crippen LogP contribution in [0.1, 0.15) is 48.4 Å². The van der Waals surface area contributed by atoms with E-state index in [2.05, 4.69) is 10.1 Å². The molecule has 24 heavy (non-hydrogen) atoms. The predicted molar refractivity (Wildman–Crippen MR) is 84.8 cm³/mol. The molecule has 0 spiro atoms. The normalized spacial score (nSPS) is 26.4. The van der Waals surface area contributed by atoms with Gasteiger partial charge in [0.1, 0.15) is 5.82 Å². The van der Waals surface area contributed by atoms with Gasteiger partial charge in [0, 0.05) is 19.0 Å². The van der Waals surface area contributed by atoms with Crippen LogP contribution in [0.2, 0.25) is 0 Å². The van der Waals surface area contributed by atoms with E-state index in [4.69, 9.17) is 4.52 Å². The minimum atomic E-state index is -0.212. The number of halogens is 1. The molecule has 5 nitrogen and oxygen atoms in total. The van der Waals surface area contributed by atoms with E-state index in [0.29, 0.717) is 23.8 Å². The third kappa shape index (κ3) is 2.81. The zero-order valence-electron chi connectivity index (χ0n) is 13.6. The Morgan fingerprint density at radius 1 is 1.38 bits per heavy atom. The summed E-state index contributed by atoms with van der Waals surface area (Å²) in [5.74, 6) is 1.19. The van der Waals surface area contributed by atoms with E-state index < -0.39 is 0 Å². The number of hydrogen-bond donors (Lipinski definition) is 0. The van der Waals surface area contributed by atoms with Crippen molar-refractivity contribution in [1.82, 2.24) is 15.0 Å². The summed E-state index contributed by atoms with van der Waals surface area (Å²) in [6, 6.07) is 6.75. The van der Waals surface area contributed by atoms with Crippen LogP contribution in [0.3, 0.4) is 0 Å². The van der Waals surface area contributed by atoms with Gasteiger partial charge in [-0.15, -0.1) is 0 Å². The molecule has 2 fully saturated rings. The molecule has 4 rings (SSSR count). The highest BCUT2D eigenvalue weighted by molar-refractivity contribution is 5.83. The summed E-state index contributed by atoms with van der Waals surface area (Å²) >= 11 is 0. The van der Waals surface area contributed by atoms with Crippen LogP contribution in [0.4, 0.5) is 4.39 Å². The standard InChI is InChI=1S/C18H20FN3O2/c1-11-20-17(24-21-11)12-5-4-8-22(10-12)18(23)15-9-14(15)13-6-2-3-7-16(13)19/h2-3,6-7,12,14-15H,4-5,8-10H2,1H3. The first-order valence-corrected chi connectivity index (χ1v) is 8.47. The van der Waals surface area contributed by atoms with Gasteiger partial charge >= 0.3 is 0 Å². The maximum absolute atomic E-state index is 13.9. The molecule has 2 aliphatic rings. The second-order valence-corrected chi connectivity index (χ2v) is 6.77. The smallest absolute Gasteiger partial charge is 0.231 e. The first-order chi connectivity index (χ1) is 11.6. The van der Waals surface area contributed by atoms with Gasteiger partial charge in [-0.3, -0.25) is 4.79 Å². The fourth-order valence-corrected chi connectivity index (χ4v) is 3.68. The number of likely N-dealkylation sites (tertiary alicyclic amines) is 1. The van der Waals surface area contributed by atoms with E-state index in [1.54, 1.807) is 19.1 Å². The van der Waals surface area contributed by atoms with Crippen LogP contribution < -0.4 is 0 Å². The van der Waals surface area contributed by atoms with Gasteiger partial charge in [0.2, 0.25) is 11.8 Å². The van der Waals surface area contributed by atoms with E-state index in [-0.39, 0.29) is 29.5 Å². The summed E-state index contributed by atoms with van der Waals surface area (Å²) in [6.45, 7) is 3.16. The highest BCUT2D eigenvalue weighted by atomic mass is 19.1. The number of rotatable bonds is 3. The average molecular weight is 329 g/mol. The van der Waals surface area contributed by atoms with Crippen molar-refractivity contribution in [2.24, 2.45) is 5.92 Å². The van der Waals surface area contributed by atoms with Gasteiger partial charge in [0.15, 0.2) is 5.82 Å². The second-order valence-electron chi connectivity index (χ2n) is 6.77. The molecule has 1 aliphatic carbocycles. The number of nitrogens with zero attached hydrogens (tertiary/aromatic N) is 3. The molecule has 2 heterocycles. The van der Waals surface area contributed by atoms with E-state index in [1.165, 1.54) is 6.07 Å². The molecule has 126 valence electrons. The van der Waals surface area contributed by atoms with Gasteiger partial charge in [-0.2, -0.15) is 4.98 Å². The van der Waals surface area contributed by atoms with Crippen molar-refractivity contribution < 1.29 is 13.7 Å². The Labute approximate surface area is 139 Å². The van der Waals surface area contributed by atoms with Gasteiger partial charge in [-0.05, 0) is 43.7 Å². The molecule has 1 saturated carbocycles. The lowest BCUT2D eigenvalue weighted by atomic mass is 9.97. The van der Waals surface area contributed by atoms with Crippen LogP contribution in [0.5, 0.6) is 0 Å². The molecular weight excluding hydrogens is 309 g/mol. The predicted octanol–water partition coefficient (Wildman–Crippen LogP) is 3.03. The summed E-state index contributed by atoms with van der Waals surface area (Å²) in [6.07, 6.45) is 2.61. The molecule has 3 unspecified atom stereocenters. The molecular formula is C18H20FN3O2. The monoisotopic (exact) mass is 329 g/mol. The number of carbonyl (C=O) groups is 1. The molecule has 1 amide bonds. The Bertz CT molecular complexity index is 760. The molecule has 1 aromatic heterocycles. The Hall–Kier alpha value is -2.24. The van der Waals surface area contributed by atoms with Crippen LogP contribution in [-0.4, -0.2) is 34.0 Å². The molecule has 0 radical (unpaired) electrons. The van der Waals surface area contributed by atoms with Crippen LogP contribution in [0.25, 0.3) is 0 Å². The zero-order chi connectivity index (χ0) is 16.7. The molecule has 0 bridgehead atoms. The maximum Gasteiger partial charge on any atom is 0.231 e. The molecule has 1 saturated heterocycles. The van der Waals surface area contributed by atoms with E-state index in [9.17, 15) is 9.18 Å². The highest BCUT2D eigenvalue weighted by Crippen LogP contribution is 2.49. The number of hydrogen-bond acceptors (Lipinski definition) is 4. The van der Waals surface area contributed by atoms with Gasteiger partial charge in [0.05, 0.1) is 5.92 Å². The largest absolute Gasteiger partial charge is 0.342 e. The zero-order valence-corrected chi connectivity index (χ0v) is 13.6. The van der Waals surface area contributed by atoms with Crippen LogP contribution in [-0.2, 0) is 4.79 Å². The van der Waals surface area contributed by atoms with E-state index >= 15 is 0 Å². The lowest BCUT2D eigenvalue weighted by Gasteiger charge is -2.31. The first kappa shape index (κ1) is 15.3. The SMILES string of the molecule is Cc1noc(C2CCCN(C(=O)C3CC3c3ccccc3F)C2)n1. The highest BCUT2D eigenvalue weighted by Gasteiger charge is 2.47. The van der Waals surface area contributed by atoms with Gasteiger partial charge < -0.3 is 9.42 Å². The number of piperidine rings is 1. The minimum absolute atomic E-state index is 0.0183. The van der Waals surface area contributed by atoms with Crippen molar-refractivity contribution >= 4 is 5.91 Å². The Morgan fingerprint density at radius 2 is 2.21 bits per heavy atom. The second kappa shape index (κ2) is 6.00. The van der Waals surface area contributed by atoms with Crippen LogP contribution in [0, 0.1) is 18.7 Å². The molecule has 2 aromatic rings. The Kier molecular flexibility index (Phi) is 3.82. The van der Waals surface area contributed by atoms with Crippen molar-refractivity contribution in [1.29, 1.82) is 0 Å². The molecule has 3 atom stereocenters. The van der Waals surface area contributed by atoms with Gasteiger partial charge in [-0.1, -0.05) is 23.4 Å². The number of aryl methyl sites for hydroxylation is 1. The molecule has 0 N–H and O–H groups in total. The summed E-state index contributed by atoms with van der Waals surface area (Å²) in [5.41, 5.74) is 0.664. The Balaban J connectivity index is 1.43. The first-order valence-electron chi connectivity index (χ1n) is 8.47. The number of benzene rings is 1. The third-order valence-electron chi connectivity index (χ3n) is 5.04. The number of aromatic nitrogens is 2. The quantitative estimate of drug-likeness (QED) is 0.868. The van der Waals surface area contributed by atoms with Crippen LogP contribution >= 0.6 is 0 Å². The van der Waals surface area contributed by atoms with E-state index in [1.807, 2.05) is 11.0 Å². The van der Waals surface area contributed by atoms with Gasteiger partial charge in [-0.25, -0.2) is 4.39 Å². The lowest BCUT2D eigenvalue weighted by molar-refractivity contribution is -0.134. The fraction of sp³-hybridized carbons (Fsp3) is 0.500. The van der Waals surface area contributed by atoms with Gasteiger partial charge in [0.25, 0.3) is 0 Å². The number of amides is 1. The third-order valence-corrected chi connectivity index (χ3v) is 5.04. The molecule has 1 aliphatic heterocycles. The number of carbonyl (C=O) groups excluding carboxylic acids is 1.